The van der Waals surface area contributed by atoms with Crippen LogP contribution in [0.4, 0.5) is 5.69 Å². The molecular formula is C19H26BrNO. The second-order valence-corrected chi connectivity index (χ2v) is 8.61. The predicted molar refractivity (Wildman–Crippen MR) is 95.8 cm³/mol. The number of rotatable bonds is 3. The lowest BCUT2D eigenvalue weighted by Gasteiger charge is -2.29. The highest BCUT2D eigenvalue weighted by atomic mass is 79.9. The maximum atomic E-state index is 13.0. The molecular weight excluding hydrogens is 338 g/mol. The van der Waals surface area contributed by atoms with Gasteiger partial charge in [-0.15, -0.1) is 0 Å². The Kier molecular flexibility index (Phi) is 4.91. The second-order valence-electron chi connectivity index (χ2n) is 7.04. The van der Waals surface area contributed by atoms with Gasteiger partial charge in [-0.3, -0.25) is 4.79 Å². The van der Waals surface area contributed by atoms with Gasteiger partial charge in [0.05, 0.1) is 0 Å². The number of benzene rings is 1. The fraction of sp³-hybridized carbons (Fsp3) is 0.632. The Morgan fingerprint density at radius 3 is 2.73 bits per heavy atom. The van der Waals surface area contributed by atoms with Crippen LogP contribution >= 0.6 is 15.9 Å². The zero-order valence-corrected chi connectivity index (χ0v) is 15.2. The minimum Gasteiger partial charge on any atom is -0.309 e. The van der Waals surface area contributed by atoms with Crippen LogP contribution in [0.2, 0.25) is 0 Å². The summed E-state index contributed by atoms with van der Waals surface area (Å²) in [4.78, 5) is 15.5. The maximum absolute atomic E-state index is 13.0. The van der Waals surface area contributed by atoms with Crippen molar-refractivity contribution in [2.24, 2.45) is 5.92 Å². The molecule has 3 heteroatoms. The molecule has 2 aliphatic rings. The van der Waals surface area contributed by atoms with Crippen LogP contribution in [0.1, 0.15) is 57.1 Å². The summed E-state index contributed by atoms with van der Waals surface area (Å²) in [6, 6.07) is 6.97. The molecule has 0 radical (unpaired) electrons. The van der Waals surface area contributed by atoms with Crippen molar-refractivity contribution in [2.45, 2.75) is 69.7 Å². The summed E-state index contributed by atoms with van der Waals surface area (Å²) >= 11 is 3.63. The largest absolute Gasteiger partial charge is 0.309 e. The van der Waals surface area contributed by atoms with Crippen molar-refractivity contribution in [1.82, 2.24) is 0 Å². The van der Waals surface area contributed by atoms with Crippen LogP contribution in [0.3, 0.4) is 0 Å². The van der Waals surface area contributed by atoms with Gasteiger partial charge >= 0.3 is 0 Å². The van der Waals surface area contributed by atoms with Crippen LogP contribution in [0.15, 0.2) is 18.2 Å². The molecule has 2 nitrogen and oxygen atoms in total. The first-order valence-electron chi connectivity index (χ1n) is 8.65. The van der Waals surface area contributed by atoms with Crippen LogP contribution in [-0.2, 0) is 17.6 Å². The van der Waals surface area contributed by atoms with Crippen LogP contribution in [0.5, 0.6) is 0 Å². The molecule has 0 N–H and O–H groups in total. The van der Waals surface area contributed by atoms with Gasteiger partial charge in [0.25, 0.3) is 0 Å². The van der Waals surface area contributed by atoms with Gasteiger partial charge < -0.3 is 4.90 Å². The summed E-state index contributed by atoms with van der Waals surface area (Å²) in [5.74, 6) is 0.622. The third-order valence-corrected chi connectivity index (χ3v) is 5.39. The number of hydrogen-bond donors (Lipinski definition) is 0. The molecule has 22 heavy (non-hydrogen) atoms. The van der Waals surface area contributed by atoms with Crippen LogP contribution < -0.4 is 4.90 Å². The van der Waals surface area contributed by atoms with E-state index >= 15 is 0 Å². The van der Waals surface area contributed by atoms with Crippen molar-refractivity contribution in [3.8, 4) is 0 Å². The number of amides is 1. The Bertz CT molecular complexity index is 548. The van der Waals surface area contributed by atoms with Crippen molar-refractivity contribution >= 4 is 27.5 Å². The van der Waals surface area contributed by atoms with Crippen molar-refractivity contribution in [2.75, 3.05) is 4.90 Å². The van der Waals surface area contributed by atoms with E-state index in [0.29, 0.717) is 16.8 Å². The first kappa shape index (κ1) is 16.0. The van der Waals surface area contributed by atoms with Gasteiger partial charge in [-0.1, -0.05) is 54.2 Å². The van der Waals surface area contributed by atoms with Crippen molar-refractivity contribution in [1.29, 1.82) is 0 Å². The summed E-state index contributed by atoms with van der Waals surface area (Å²) in [5, 5.41) is 0. The molecule has 1 aromatic carbocycles. The van der Waals surface area contributed by atoms with Crippen LogP contribution in [0.25, 0.3) is 0 Å². The maximum Gasteiger partial charge on any atom is 0.230 e. The molecule has 0 saturated heterocycles. The van der Waals surface area contributed by atoms with Gasteiger partial charge in [-0.25, -0.2) is 0 Å². The number of halogens is 1. The molecule has 2 atom stereocenters. The molecule has 0 bridgehead atoms. The average Bonchev–Trinajstić information content (AvgIpc) is 2.82. The normalized spacial score (nSPS) is 23.4. The summed E-state index contributed by atoms with van der Waals surface area (Å²) in [6.07, 6.45) is 7.93. The third-order valence-electron chi connectivity index (χ3n) is 5.07. The average molecular weight is 364 g/mol. The number of hydrogen-bond acceptors (Lipinski definition) is 1. The zero-order valence-electron chi connectivity index (χ0n) is 13.6. The number of carbonyl (C=O) groups is 1. The molecule has 0 aromatic heterocycles. The molecule has 1 amide bonds. The fourth-order valence-electron chi connectivity index (χ4n) is 4.02. The van der Waals surface area contributed by atoms with Gasteiger partial charge in [0.2, 0.25) is 5.91 Å². The van der Waals surface area contributed by atoms with Crippen molar-refractivity contribution in [3.05, 3.63) is 29.3 Å². The first-order valence-corrected chi connectivity index (χ1v) is 9.56. The molecule has 1 aromatic rings. The van der Waals surface area contributed by atoms with Gasteiger partial charge in [0.15, 0.2) is 0 Å². The molecule has 1 saturated carbocycles. The summed E-state index contributed by atoms with van der Waals surface area (Å²) in [7, 11) is 0. The Labute approximate surface area is 142 Å². The third kappa shape index (κ3) is 3.24. The van der Waals surface area contributed by atoms with Gasteiger partial charge in [0.1, 0.15) is 0 Å². The highest BCUT2D eigenvalue weighted by Gasteiger charge is 2.35. The number of carbonyl (C=O) groups excluding carboxylic acids is 1. The molecule has 120 valence electrons. The predicted octanol–water partition coefficient (Wildman–Crippen LogP) is 4.87. The van der Waals surface area contributed by atoms with E-state index in [1.54, 1.807) is 0 Å². The minimum absolute atomic E-state index is 0.254. The van der Waals surface area contributed by atoms with Crippen molar-refractivity contribution < 1.29 is 4.79 Å². The van der Waals surface area contributed by atoms with E-state index in [9.17, 15) is 4.79 Å². The van der Waals surface area contributed by atoms with Crippen LogP contribution in [-0.4, -0.2) is 16.8 Å². The minimum atomic E-state index is 0.254. The van der Waals surface area contributed by atoms with E-state index in [4.69, 9.17) is 0 Å². The molecule has 2 unspecified atom stereocenters. The smallest absolute Gasteiger partial charge is 0.230 e. The molecule has 1 fully saturated rings. The highest BCUT2D eigenvalue weighted by molar-refractivity contribution is 9.09. The first-order chi connectivity index (χ1) is 10.6. The molecule has 1 aliphatic carbocycles. The quantitative estimate of drug-likeness (QED) is 0.701. The highest BCUT2D eigenvalue weighted by Crippen LogP contribution is 2.36. The summed E-state index contributed by atoms with van der Waals surface area (Å²) < 4.78 is 0. The van der Waals surface area contributed by atoms with E-state index < -0.39 is 0 Å². The van der Waals surface area contributed by atoms with E-state index in [2.05, 4.69) is 52.9 Å². The molecule has 1 heterocycles. The Morgan fingerprint density at radius 1 is 1.32 bits per heavy atom. The van der Waals surface area contributed by atoms with Gasteiger partial charge in [-0.2, -0.15) is 0 Å². The topological polar surface area (TPSA) is 20.3 Å². The van der Waals surface area contributed by atoms with Gasteiger partial charge in [-0.05, 0) is 49.8 Å². The molecule has 0 spiro atoms. The fourth-order valence-corrected chi connectivity index (χ4v) is 4.39. The second kappa shape index (κ2) is 6.74. The standard InChI is InChI=1S/C19H26BrNO/c1-13(20)10-15-8-9-18-17(12-15)11-14(2)21(18)19(22)16-6-4-3-5-7-16/h8-9,12-14,16H,3-7,10-11H2,1-2H3. The molecule has 3 rings (SSSR count). The Balaban J connectivity index is 1.81. The number of alkyl halides is 1. The van der Waals surface area contributed by atoms with E-state index in [0.717, 1.165) is 31.4 Å². The summed E-state index contributed by atoms with van der Waals surface area (Å²) in [5.41, 5.74) is 3.87. The lowest BCUT2D eigenvalue weighted by molar-refractivity contribution is -0.123. The molecule has 1 aliphatic heterocycles. The van der Waals surface area contributed by atoms with Crippen molar-refractivity contribution in [3.63, 3.8) is 0 Å². The SMILES string of the molecule is CC(Br)Cc1ccc2c(c1)CC(C)N2C(=O)C1CCCCC1. The summed E-state index contributed by atoms with van der Waals surface area (Å²) in [6.45, 7) is 4.36. The van der Waals surface area contributed by atoms with Gasteiger partial charge in [0, 0.05) is 22.5 Å². The van der Waals surface area contributed by atoms with E-state index in [1.165, 1.54) is 30.4 Å². The van der Waals surface area contributed by atoms with Crippen LogP contribution in [0, 0.1) is 5.92 Å². The van der Waals surface area contributed by atoms with E-state index in [1.807, 2.05) is 0 Å². The monoisotopic (exact) mass is 363 g/mol. The Hall–Kier alpha value is -0.830. The van der Waals surface area contributed by atoms with E-state index in [-0.39, 0.29) is 5.92 Å². The lowest BCUT2D eigenvalue weighted by atomic mass is 9.88. The zero-order chi connectivity index (χ0) is 15.7. The Morgan fingerprint density at radius 2 is 2.05 bits per heavy atom. The number of fused-ring (bicyclic) bond motifs is 1. The number of anilines is 1. The number of nitrogens with zero attached hydrogens (tertiary/aromatic N) is 1. The lowest BCUT2D eigenvalue weighted by Crippen LogP contribution is -2.40.